The standard InChI is InChI=1S/C25H26N2O7/c1-3-33-25(30)27-19-7-5-4-6-18(19)24(29)20(27)14-17-8-9-21(22(15-17)31-2)34-16-23(28)26-10-12-32-13-11-26/h4-9,14-15H,3,10-13,16H2,1-2H3/b20-14-. The van der Waals surface area contributed by atoms with Gasteiger partial charge < -0.3 is 23.8 Å². The molecule has 0 saturated carbocycles. The van der Waals surface area contributed by atoms with Crippen molar-refractivity contribution in [2.75, 3.05) is 51.5 Å². The number of carbonyl (C=O) groups is 3. The Labute approximate surface area is 197 Å². The lowest BCUT2D eigenvalue weighted by molar-refractivity contribution is -0.137. The highest BCUT2D eigenvalue weighted by Gasteiger charge is 2.37. The Kier molecular flexibility index (Phi) is 7.12. The first-order chi connectivity index (χ1) is 16.5. The van der Waals surface area contributed by atoms with Crippen molar-refractivity contribution < 1.29 is 33.3 Å². The molecule has 1 saturated heterocycles. The number of hydrogen-bond donors (Lipinski definition) is 0. The number of allylic oxidation sites excluding steroid dienone is 1. The van der Waals surface area contributed by atoms with Crippen LogP contribution in [-0.4, -0.2) is 69.3 Å². The van der Waals surface area contributed by atoms with Gasteiger partial charge in [-0.3, -0.25) is 9.59 Å². The molecule has 4 rings (SSSR count). The number of anilines is 1. The molecule has 2 aromatic carbocycles. The van der Waals surface area contributed by atoms with Gasteiger partial charge >= 0.3 is 6.09 Å². The number of hydrogen-bond acceptors (Lipinski definition) is 7. The molecule has 0 N–H and O–H groups in total. The van der Waals surface area contributed by atoms with Crippen LogP contribution in [-0.2, 0) is 14.3 Å². The Morgan fingerprint density at radius 1 is 1.09 bits per heavy atom. The fourth-order valence-corrected chi connectivity index (χ4v) is 3.84. The number of carbonyl (C=O) groups excluding carboxylic acids is 3. The first-order valence-electron chi connectivity index (χ1n) is 11.0. The summed E-state index contributed by atoms with van der Waals surface area (Å²) < 4.78 is 21.6. The second-order valence-electron chi connectivity index (χ2n) is 7.60. The quantitative estimate of drug-likeness (QED) is 0.604. The molecule has 2 amide bonds. The fraction of sp³-hybridized carbons (Fsp3) is 0.320. The Bertz CT molecular complexity index is 1120. The van der Waals surface area contributed by atoms with Crippen LogP contribution < -0.4 is 14.4 Å². The molecule has 2 aliphatic heterocycles. The van der Waals surface area contributed by atoms with E-state index < -0.39 is 6.09 Å². The van der Waals surface area contributed by atoms with Crippen molar-refractivity contribution in [1.29, 1.82) is 0 Å². The van der Waals surface area contributed by atoms with E-state index >= 15 is 0 Å². The molecule has 9 heteroatoms. The smallest absolute Gasteiger partial charge is 0.419 e. The van der Waals surface area contributed by atoms with Crippen molar-refractivity contribution in [2.45, 2.75) is 6.92 Å². The summed E-state index contributed by atoms with van der Waals surface area (Å²) in [4.78, 5) is 41.0. The summed E-state index contributed by atoms with van der Waals surface area (Å²) >= 11 is 0. The molecule has 9 nitrogen and oxygen atoms in total. The SMILES string of the molecule is CCOC(=O)N1/C(=C\c2ccc(OCC(=O)N3CCOCC3)c(OC)c2)C(=O)c2ccccc21. The highest BCUT2D eigenvalue weighted by Crippen LogP contribution is 2.37. The topological polar surface area (TPSA) is 94.6 Å². The lowest BCUT2D eigenvalue weighted by Gasteiger charge is -2.26. The van der Waals surface area contributed by atoms with Gasteiger partial charge in [-0.05, 0) is 42.8 Å². The molecule has 34 heavy (non-hydrogen) atoms. The van der Waals surface area contributed by atoms with Gasteiger partial charge in [0.1, 0.15) is 5.70 Å². The molecule has 2 aliphatic rings. The highest BCUT2D eigenvalue weighted by atomic mass is 16.6. The van der Waals surface area contributed by atoms with Crippen molar-refractivity contribution in [1.82, 2.24) is 4.90 Å². The molecule has 0 spiro atoms. The Morgan fingerprint density at radius 2 is 1.85 bits per heavy atom. The minimum atomic E-state index is -0.624. The first kappa shape index (κ1) is 23.3. The molecule has 0 unspecified atom stereocenters. The number of amides is 2. The van der Waals surface area contributed by atoms with Gasteiger partial charge in [-0.2, -0.15) is 0 Å². The van der Waals surface area contributed by atoms with Crippen LogP contribution in [0.15, 0.2) is 48.2 Å². The van der Waals surface area contributed by atoms with E-state index in [9.17, 15) is 14.4 Å². The van der Waals surface area contributed by atoms with Gasteiger partial charge in [0.2, 0.25) is 5.78 Å². The van der Waals surface area contributed by atoms with Crippen LogP contribution in [0, 0.1) is 0 Å². The van der Waals surface area contributed by atoms with Crippen LogP contribution in [0.4, 0.5) is 10.5 Å². The molecule has 178 valence electrons. The third-order valence-corrected chi connectivity index (χ3v) is 5.52. The first-order valence-corrected chi connectivity index (χ1v) is 11.0. The van der Waals surface area contributed by atoms with Crippen molar-refractivity contribution >= 4 is 29.5 Å². The van der Waals surface area contributed by atoms with Gasteiger partial charge in [0.05, 0.1) is 32.6 Å². The summed E-state index contributed by atoms with van der Waals surface area (Å²) in [6.45, 7) is 3.88. The average Bonchev–Trinajstić information content (AvgIpc) is 3.15. The number of nitrogens with zero attached hydrogens (tertiary/aromatic N) is 2. The number of rotatable bonds is 6. The lowest BCUT2D eigenvalue weighted by atomic mass is 10.1. The summed E-state index contributed by atoms with van der Waals surface area (Å²) in [5.74, 6) is 0.388. The van der Waals surface area contributed by atoms with Gasteiger partial charge in [0.25, 0.3) is 5.91 Å². The summed E-state index contributed by atoms with van der Waals surface area (Å²) in [6.07, 6.45) is 0.977. The van der Waals surface area contributed by atoms with E-state index in [0.717, 1.165) is 0 Å². The zero-order valence-corrected chi connectivity index (χ0v) is 19.1. The van der Waals surface area contributed by atoms with Crippen LogP contribution in [0.25, 0.3) is 6.08 Å². The molecule has 0 bridgehead atoms. The molecule has 2 aromatic rings. The molecule has 2 heterocycles. The van der Waals surface area contributed by atoms with E-state index in [-0.39, 0.29) is 30.6 Å². The number of ether oxygens (including phenoxy) is 4. The zero-order chi connectivity index (χ0) is 24.1. The van der Waals surface area contributed by atoms with E-state index in [1.54, 1.807) is 60.4 Å². The van der Waals surface area contributed by atoms with E-state index in [0.29, 0.717) is 54.6 Å². The monoisotopic (exact) mass is 466 g/mol. The fourth-order valence-electron chi connectivity index (χ4n) is 3.84. The van der Waals surface area contributed by atoms with Gasteiger partial charge in [-0.25, -0.2) is 9.69 Å². The number of fused-ring (bicyclic) bond motifs is 1. The third kappa shape index (κ3) is 4.74. The number of ketones is 1. The summed E-state index contributed by atoms with van der Waals surface area (Å²) in [6, 6.07) is 12.0. The molecule has 0 atom stereocenters. The molecule has 0 aromatic heterocycles. The average molecular weight is 466 g/mol. The predicted octanol–water partition coefficient (Wildman–Crippen LogP) is 3.13. The maximum Gasteiger partial charge on any atom is 0.419 e. The molecule has 0 radical (unpaired) electrons. The van der Waals surface area contributed by atoms with Crippen molar-refractivity contribution in [2.24, 2.45) is 0 Å². The highest BCUT2D eigenvalue weighted by molar-refractivity contribution is 6.26. The van der Waals surface area contributed by atoms with Gasteiger partial charge in [0, 0.05) is 18.7 Å². The van der Waals surface area contributed by atoms with Crippen LogP contribution in [0.1, 0.15) is 22.8 Å². The Hall–Kier alpha value is -3.85. The van der Waals surface area contributed by atoms with Crippen LogP contribution in [0.2, 0.25) is 0 Å². The number of methoxy groups -OCH3 is 1. The Balaban J connectivity index is 1.56. The van der Waals surface area contributed by atoms with Gasteiger partial charge in [0.15, 0.2) is 18.1 Å². The number of benzene rings is 2. The maximum absolute atomic E-state index is 13.0. The van der Waals surface area contributed by atoms with E-state index in [1.165, 1.54) is 12.0 Å². The maximum atomic E-state index is 13.0. The summed E-state index contributed by atoms with van der Waals surface area (Å²) in [7, 11) is 1.49. The number of Topliss-reactive ketones (excluding diaryl/α,β-unsaturated/α-hetero) is 1. The van der Waals surface area contributed by atoms with Crippen LogP contribution in [0.3, 0.4) is 0 Å². The Morgan fingerprint density at radius 3 is 2.59 bits per heavy atom. The largest absolute Gasteiger partial charge is 0.493 e. The van der Waals surface area contributed by atoms with Gasteiger partial charge in [-0.15, -0.1) is 0 Å². The minimum Gasteiger partial charge on any atom is -0.493 e. The number of morpholine rings is 1. The van der Waals surface area contributed by atoms with E-state index in [4.69, 9.17) is 18.9 Å². The second-order valence-corrected chi connectivity index (χ2v) is 7.60. The van der Waals surface area contributed by atoms with Crippen molar-refractivity contribution in [3.63, 3.8) is 0 Å². The van der Waals surface area contributed by atoms with Crippen molar-refractivity contribution in [3.8, 4) is 11.5 Å². The molecule has 1 fully saturated rings. The third-order valence-electron chi connectivity index (χ3n) is 5.52. The normalized spacial score (nSPS) is 16.4. The zero-order valence-electron chi connectivity index (χ0n) is 19.1. The number of para-hydroxylation sites is 1. The molecular weight excluding hydrogens is 440 g/mol. The molecule has 0 aliphatic carbocycles. The second kappa shape index (κ2) is 10.4. The predicted molar refractivity (Wildman–Crippen MR) is 124 cm³/mol. The van der Waals surface area contributed by atoms with Crippen molar-refractivity contribution in [3.05, 3.63) is 59.3 Å². The van der Waals surface area contributed by atoms with E-state index in [1.807, 2.05) is 0 Å². The van der Waals surface area contributed by atoms with Crippen LogP contribution >= 0.6 is 0 Å². The summed E-state index contributed by atoms with van der Waals surface area (Å²) in [5.41, 5.74) is 1.70. The van der Waals surface area contributed by atoms with E-state index in [2.05, 4.69) is 0 Å². The van der Waals surface area contributed by atoms with Crippen LogP contribution in [0.5, 0.6) is 11.5 Å². The summed E-state index contributed by atoms with van der Waals surface area (Å²) in [5, 5.41) is 0. The van der Waals surface area contributed by atoms with Gasteiger partial charge in [-0.1, -0.05) is 18.2 Å². The minimum absolute atomic E-state index is 0.124. The lowest BCUT2D eigenvalue weighted by Crippen LogP contribution is -2.43. The molecular formula is C25H26N2O7.